The van der Waals surface area contributed by atoms with Crippen LogP contribution in [0, 0.1) is 17.8 Å². The number of alkyl halides is 1. The molecule has 0 aliphatic carbocycles. The first-order chi connectivity index (χ1) is 24.7. The molecule has 0 saturated heterocycles. The summed E-state index contributed by atoms with van der Waals surface area (Å²) in [5.74, 6) is -3.36. The second-order valence-electron chi connectivity index (χ2n) is 13.9. The zero-order valence-corrected chi connectivity index (χ0v) is 33.2. The summed E-state index contributed by atoms with van der Waals surface area (Å²) in [5.41, 5.74) is -0.295. The molecule has 15 heteroatoms. The Labute approximate surface area is 315 Å². The standard InChI is InChI=1S/C19H21BrN2O5.C19H22N2O5/c1-19(2,3)18(25)27-14-13(17(24)26-5)21-15(22(4)16(14)23)12-8-6-11(10-20)7-9-12;1-11-7-9-12(10-8-11)15-20-13(17(23)25-6)14(16(22)21(15)5)26-18(24)19(2,3)4/h6-9H,10H2,1-5H3;7-10H,1-6H3. The van der Waals surface area contributed by atoms with Crippen molar-refractivity contribution in [3.05, 3.63) is 91.8 Å². The number of hydrogen-bond donors (Lipinski definition) is 0. The molecule has 0 atom stereocenters. The van der Waals surface area contributed by atoms with Crippen molar-refractivity contribution in [1.82, 2.24) is 19.1 Å². The van der Waals surface area contributed by atoms with E-state index in [1.54, 1.807) is 65.8 Å². The monoisotopic (exact) mass is 794 g/mol. The Bertz CT molecular complexity index is 2140. The normalized spacial score (nSPS) is 11.2. The van der Waals surface area contributed by atoms with Crippen LogP contribution in [0.1, 0.15) is 73.6 Å². The zero-order valence-electron chi connectivity index (χ0n) is 31.6. The molecule has 2 heterocycles. The molecule has 14 nitrogen and oxygen atoms in total. The third kappa shape index (κ3) is 9.92. The zero-order chi connectivity index (χ0) is 40.0. The highest BCUT2D eigenvalue weighted by molar-refractivity contribution is 9.08. The van der Waals surface area contributed by atoms with Crippen molar-refractivity contribution in [3.8, 4) is 34.3 Å². The van der Waals surface area contributed by atoms with Crippen LogP contribution in [0.15, 0.2) is 58.1 Å². The van der Waals surface area contributed by atoms with E-state index in [1.165, 1.54) is 37.4 Å². The van der Waals surface area contributed by atoms with Gasteiger partial charge in [0.1, 0.15) is 11.6 Å². The Morgan fingerprint density at radius 3 is 1.28 bits per heavy atom. The predicted molar refractivity (Wildman–Crippen MR) is 200 cm³/mol. The summed E-state index contributed by atoms with van der Waals surface area (Å²) in [6.45, 7) is 11.8. The number of methoxy groups -OCH3 is 2. The van der Waals surface area contributed by atoms with Crippen LogP contribution in [0.4, 0.5) is 0 Å². The average molecular weight is 796 g/mol. The van der Waals surface area contributed by atoms with Gasteiger partial charge in [0, 0.05) is 30.6 Å². The number of rotatable bonds is 7. The van der Waals surface area contributed by atoms with E-state index < -0.39 is 57.3 Å². The number of hydrogen-bond acceptors (Lipinski definition) is 12. The summed E-state index contributed by atoms with van der Waals surface area (Å²) < 4.78 is 22.4. The molecule has 4 aromatic rings. The van der Waals surface area contributed by atoms with Gasteiger partial charge in [-0.1, -0.05) is 70.0 Å². The van der Waals surface area contributed by atoms with Crippen molar-refractivity contribution < 1.29 is 38.1 Å². The van der Waals surface area contributed by atoms with E-state index in [1.807, 2.05) is 31.2 Å². The maximum absolute atomic E-state index is 12.8. The molecule has 4 rings (SSSR count). The molecular weight excluding hydrogens is 752 g/mol. The molecule has 282 valence electrons. The molecular formula is C38H43BrN4O10. The third-order valence-corrected chi connectivity index (χ3v) is 8.19. The molecule has 0 spiro atoms. The fourth-order valence-electron chi connectivity index (χ4n) is 4.27. The van der Waals surface area contributed by atoms with Crippen molar-refractivity contribution in [2.75, 3.05) is 14.2 Å². The minimum Gasteiger partial charge on any atom is -0.464 e. The first-order valence-electron chi connectivity index (χ1n) is 16.2. The molecule has 0 aliphatic heterocycles. The maximum Gasteiger partial charge on any atom is 0.360 e. The Morgan fingerprint density at radius 1 is 0.642 bits per heavy atom. The van der Waals surface area contributed by atoms with Crippen molar-refractivity contribution in [3.63, 3.8) is 0 Å². The molecule has 2 aromatic carbocycles. The second-order valence-corrected chi connectivity index (χ2v) is 14.5. The molecule has 2 aromatic heterocycles. The van der Waals surface area contributed by atoms with Crippen molar-refractivity contribution in [1.29, 1.82) is 0 Å². The fraction of sp³-hybridized carbons (Fsp3) is 0.368. The van der Waals surface area contributed by atoms with Gasteiger partial charge in [-0.25, -0.2) is 19.6 Å². The number of halogens is 1. The van der Waals surface area contributed by atoms with Gasteiger partial charge in [0.25, 0.3) is 11.1 Å². The number of esters is 4. The third-order valence-electron chi connectivity index (χ3n) is 7.55. The largest absolute Gasteiger partial charge is 0.464 e. The lowest BCUT2D eigenvalue weighted by molar-refractivity contribution is -0.143. The SMILES string of the molecule is COC(=O)c1nc(-c2ccc(C)cc2)n(C)c(=O)c1OC(=O)C(C)(C)C.COC(=O)c1nc(-c2ccc(CBr)cc2)n(C)c(=O)c1OC(=O)C(C)(C)C. The van der Waals surface area contributed by atoms with Crippen LogP contribution in [-0.4, -0.2) is 57.2 Å². The number of carbonyl (C=O) groups excluding carboxylic acids is 4. The lowest BCUT2D eigenvalue weighted by Crippen LogP contribution is -2.32. The number of aromatic nitrogens is 4. The summed E-state index contributed by atoms with van der Waals surface area (Å²) in [5, 5.41) is 0.689. The van der Waals surface area contributed by atoms with Crippen LogP contribution in [0.3, 0.4) is 0 Å². The highest BCUT2D eigenvalue weighted by Gasteiger charge is 2.31. The van der Waals surface area contributed by atoms with Crippen LogP contribution in [0.2, 0.25) is 0 Å². The van der Waals surface area contributed by atoms with Crippen molar-refractivity contribution >= 4 is 39.8 Å². The highest BCUT2D eigenvalue weighted by Crippen LogP contribution is 2.25. The first kappa shape index (κ1) is 42.0. The van der Waals surface area contributed by atoms with E-state index in [-0.39, 0.29) is 23.0 Å². The van der Waals surface area contributed by atoms with Crippen molar-refractivity contribution in [2.45, 2.75) is 53.8 Å². The quantitative estimate of drug-likeness (QED) is 0.168. The summed E-state index contributed by atoms with van der Waals surface area (Å²) in [7, 11) is 5.34. The average Bonchev–Trinajstić information content (AvgIpc) is 3.11. The Balaban J connectivity index is 0.000000286. The lowest BCUT2D eigenvalue weighted by atomic mass is 9.97. The van der Waals surface area contributed by atoms with Crippen LogP contribution in [0.5, 0.6) is 11.5 Å². The smallest absolute Gasteiger partial charge is 0.360 e. The van der Waals surface area contributed by atoms with E-state index in [9.17, 15) is 28.8 Å². The number of benzene rings is 2. The molecule has 0 N–H and O–H groups in total. The summed E-state index contributed by atoms with van der Waals surface area (Å²) in [4.78, 5) is 82.9. The summed E-state index contributed by atoms with van der Waals surface area (Å²) >= 11 is 3.37. The van der Waals surface area contributed by atoms with E-state index in [0.717, 1.165) is 11.1 Å². The van der Waals surface area contributed by atoms with Gasteiger partial charge in [-0.15, -0.1) is 0 Å². The van der Waals surface area contributed by atoms with Crippen LogP contribution in [0.25, 0.3) is 22.8 Å². The van der Waals surface area contributed by atoms with Gasteiger partial charge in [-0.05, 0) is 54.0 Å². The van der Waals surface area contributed by atoms with Gasteiger partial charge in [0.15, 0.2) is 11.4 Å². The minimum absolute atomic E-state index is 0.261. The first-order valence-corrected chi connectivity index (χ1v) is 17.3. The van der Waals surface area contributed by atoms with E-state index >= 15 is 0 Å². The highest BCUT2D eigenvalue weighted by atomic mass is 79.9. The molecule has 53 heavy (non-hydrogen) atoms. The number of carbonyl (C=O) groups is 4. The Hall–Kier alpha value is -5.44. The van der Waals surface area contributed by atoms with E-state index in [2.05, 4.69) is 25.9 Å². The van der Waals surface area contributed by atoms with Gasteiger partial charge in [-0.3, -0.25) is 28.3 Å². The topological polar surface area (TPSA) is 175 Å². The molecule has 0 bridgehead atoms. The molecule has 0 amide bonds. The van der Waals surface area contributed by atoms with Gasteiger partial charge in [0.2, 0.25) is 11.5 Å². The Kier molecular flexibility index (Phi) is 13.4. The second kappa shape index (κ2) is 16.9. The van der Waals surface area contributed by atoms with Crippen molar-refractivity contribution in [2.24, 2.45) is 24.9 Å². The molecule has 0 saturated carbocycles. The van der Waals surface area contributed by atoms with Gasteiger partial charge < -0.3 is 18.9 Å². The minimum atomic E-state index is -0.859. The predicted octanol–water partition coefficient (Wildman–Crippen LogP) is 5.57. The van der Waals surface area contributed by atoms with E-state index in [0.29, 0.717) is 16.5 Å². The summed E-state index contributed by atoms with van der Waals surface area (Å²) in [6, 6.07) is 14.7. The molecule has 0 fully saturated rings. The van der Waals surface area contributed by atoms with Crippen LogP contribution < -0.4 is 20.6 Å². The summed E-state index contributed by atoms with van der Waals surface area (Å²) in [6.07, 6.45) is 0. The van der Waals surface area contributed by atoms with Gasteiger partial charge in [0.05, 0.1) is 25.0 Å². The van der Waals surface area contributed by atoms with E-state index in [4.69, 9.17) is 18.9 Å². The van der Waals surface area contributed by atoms with Gasteiger partial charge in [-0.2, -0.15) is 0 Å². The van der Waals surface area contributed by atoms with Gasteiger partial charge >= 0.3 is 23.9 Å². The molecule has 0 aliphatic rings. The molecule has 0 radical (unpaired) electrons. The molecule has 0 unspecified atom stereocenters. The fourth-order valence-corrected chi connectivity index (χ4v) is 4.64. The van der Waals surface area contributed by atoms with Crippen LogP contribution in [-0.2, 0) is 38.5 Å². The lowest BCUT2D eigenvalue weighted by Gasteiger charge is -2.18. The Morgan fingerprint density at radius 2 is 0.981 bits per heavy atom. The number of ether oxygens (including phenoxy) is 4. The maximum atomic E-state index is 12.8. The number of aryl methyl sites for hydroxylation is 1. The number of nitrogens with zero attached hydrogens (tertiary/aromatic N) is 4. The van der Waals surface area contributed by atoms with Crippen LogP contribution >= 0.6 is 15.9 Å².